The Bertz CT molecular complexity index is 854. The number of nitrogens with zero attached hydrogens (tertiary/aromatic N) is 5. The van der Waals surface area contributed by atoms with Gasteiger partial charge in [0.2, 0.25) is 0 Å². The number of aromatic nitrogens is 2. The van der Waals surface area contributed by atoms with E-state index in [0.29, 0.717) is 12.6 Å². The molecule has 0 radical (unpaired) electrons. The van der Waals surface area contributed by atoms with E-state index in [4.69, 9.17) is 4.99 Å². The molecule has 2 aromatic rings. The lowest BCUT2D eigenvalue weighted by atomic mass is 10.0. The van der Waals surface area contributed by atoms with E-state index in [0.717, 1.165) is 69.6 Å². The van der Waals surface area contributed by atoms with Crippen molar-refractivity contribution < 1.29 is 0 Å². The van der Waals surface area contributed by atoms with Gasteiger partial charge >= 0.3 is 0 Å². The third-order valence-electron chi connectivity index (χ3n) is 6.54. The van der Waals surface area contributed by atoms with Crippen molar-refractivity contribution in [3.63, 3.8) is 0 Å². The number of piperidine rings is 1. The summed E-state index contributed by atoms with van der Waals surface area (Å²) in [4.78, 5) is 18.9. The van der Waals surface area contributed by atoms with Crippen molar-refractivity contribution >= 4 is 11.8 Å². The molecule has 7 heteroatoms. The number of hydrogen-bond donors (Lipinski definition) is 2. The molecule has 0 spiro atoms. The average molecular weight is 450 g/mol. The summed E-state index contributed by atoms with van der Waals surface area (Å²) in [5.41, 5.74) is 2.36. The highest BCUT2D eigenvalue weighted by Gasteiger charge is 2.20. The number of aliphatic imine (C=N–C) groups is 1. The molecule has 33 heavy (non-hydrogen) atoms. The van der Waals surface area contributed by atoms with Crippen molar-refractivity contribution in [2.75, 3.05) is 37.6 Å². The summed E-state index contributed by atoms with van der Waals surface area (Å²) in [5, 5.41) is 7.10. The predicted octanol–water partition coefficient (Wildman–Crippen LogP) is 3.58. The molecule has 178 valence electrons. The van der Waals surface area contributed by atoms with E-state index in [1.807, 2.05) is 18.5 Å². The van der Waals surface area contributed by atoms with Crippen LogP contribution in [0.15, 0.2) is 47.7 Å². The molecule has 0 aromatic carbocycles. The number of nitrogens with one attached hydrogen (secondary N) is 2. The zero-order valence-corrected chi connectivity index (χ0v) is 20.0. The van der Waals surface area contributed by atoms with Crippen LogP contribution in [0.2, 0.25) is 0 Å². The van der Waals surface area contributed by atoms with E-state index in [2.05, 4.69) is 61.6 Å². The van der Waals surface area contributed by atoms with Crippen LogP contribution in [0.5, 0.6) is 0 Å². The van der Waals surface area contributed by atoms with Crippen LogP contribution in [-0.2, 0) is 13.1 Å². The van der Waals surface area contributed by atoms with Gasteiger partial charge in [-0.05, 0) is 62.4 Å². The molecular formula is C26H39N7. The molecule has 4 rings (SSSR count). The fraction of sp³-hybridized carbons (Fsp3) is 0.577. The second kappa shape index (κ2) is 12.5. The van der Waals surface area contributed by atoms with Crippen LogP contribution >= 0.6 is 0 Å². The first kappa shape index (κ1) is 23.5. The maximum Gasteiger partial charge on any atom is 0.191 e. The molecule has 2 saturated heterocycles. The van der Waals surface area contributed by atoms with Crippen LogP contribution in [0, 0.1) is 0 Å². The fourth-order valence-corrected chi connectivity index (χ4v) is 4.67. The number of pyridine rings is 2. The van der Waals surface area contributed by atoms with E-state index >= 15 is 0 Å². The van der Waals surface area contributed by atoms with Gasteiger partial charge in [0.25, 0.3) is 0 Å². The molecule has 2 aromatic heterocycles. The molecule has 0 unspecified atom stereocenters. The number of anilines is 1. The first-order valence-corrected chi connectivity index (χ1v) is 12.7. The Labute approximate surface area is 198 Å². The van der Waals surface area contributed by atoms with Crippen molar-refractivity contribution in [1.29, 1.82) is 0 Å². The molecule has 2 N–H and O–H groups in total. The number of rotatable bonds is 7. The third-order valence-corrected chi connectivity index (χ3v) is 6.54. The van der Waals surface area contributed by atoms with Crippen LogP contribution in [0.3, 0.4) is 0 Å². The first-order valence-electron chi connectivity index (χ1n) is 12.7. The Morgan fingerprint density at radius 3 is 2.55 bits per heavy atom. The maximum atomic E-state index is 4.89. The normalized spacial score (nSPS) is 18.7. The molecule has 0 amide bonds. The smallest absolute Gasteiger partial charge is 0.191 e. The van der Waals surface area contributed by atoms with Gasteiger partial charge in [-0.2, -0.15) is 0 Å². The summed E-state index contributed by atoms with van der Waals surface area (Å²) in [6, 6.07) is 10.9. The minimum Gasteiger partial charge on any atom is -0.357 e. The second-order valence-corrected chi connectivity index (χ2v) is 9.13. The van der Waals surface area contributed by atoms with Crippen molar-refractivity contribution in [3.8, 4) is 0 Å². The second-order valence-electron chi connectivity index (χ2n) is 9.13. The molecule has 0 bridgehead atoms. The summed E-state index contributed by atoms with van der Waals surface area (Å²) < 4.78 is 0. The molecule has 4 heterocycles. The van der Waals surface area contributed by atoms with Gasteiger partial charge in [-0.1, -0.05) is 18.9 Å². The number of guanidine groups is 1. The Hall–Kier alpha value is -2.67. The van der Waals surface area contributed by atoms with E-state index < -0.39 is 0 Å². The molecular weight excluding hydrogens is 410 g/mol. The highest BCUT2D eigenvalue weighted by Crippen LogP contribution is 2.19. The molecule has 2 fully saturated rings. The minimum absolute atomic E-state index is 0.452. The van der Waals surface area contributed by atoms with Gasteiger partial charge in [0, 0.05) is 57.7 Å². The Kier molecular flexibility index (Phi) is 8.92. The summed E-state index contributed by atoms with van der Waals surface area (Å²) in [5.74, 6) is 2.01. The van der Waals surface area contributed by atoms with Crippen molar-refractivity contribution in [2.24, 2.45) is 4.99 Å². The standard InChI is InChI=1S/C26H39N7/c1-2-27-26(31-23-11-17-32(18-12-23)21-24-9-5-6-13-28-24)30-20-22-10-14-29-25(19-22)33-15-7-3-4-8-16-33/h5-6,9-10,13-14,19,23H,2-4,7-8,11-12,15-18,20-21H2,1H3,(H2,27,30,31). The molecule has 0 atom stereocenters. The van der Waals surface area contributed by atoms with E-state index in [-0.39, 0.29) is 0 Å². The molecule has 0 saturated carbocycles. The van der Waals surface area contributed by atoms with Gasteiger partial charge < -0.3 is 15.5 Å². The zero-order valence-electron chi connectivity index (χ0n) is 20.0. The van der Waals surface area contributed by atoms with Gasteiger partial charge in [-0.25, -0.2) is 9.98 Å². The van der Waals surface area contributed by atoms with Gasteiger partial charge in [0.15, 0.2) is 5.96 Å². The summed E-state index contributed by atoms with van der Waals surface area (Å²) in [6.45, 7) is 8.97. The Morgan fingerprint density at radius 2 is 1.82 bits per heavy atom. The predicted molar refractivity (Wildman–Crippen MR) is 135 cm³/mol. The van der Waals surface area contributed by atoms with Crippen molar-refractivity contribution in [1.82, 2.24) is 25.5 Å². The lowest BCUT2D eigenvalue weighted by Crippen LogP contribution is -2.48. The van der Waals surface area contributed by atoms with Gasteiger partial charge in [-0.3, -0.25) is 9.88 Å². The summed E-state index contributed by atoms with van der Waals surface area (Å²) in [7, 11) is 0. The Morgan fingerprint density at radius 1 is 1.00 bits per heavy atom. The summed E-state index contributed by atoms with van der Waals surface area (Å²) >= 11 is 0. The van der Waals surface area contributed by atoms with E-state index in [1.54, 1.807) is 0 Å². The van der Waals surface area contributed by atoms with E-state index in [9.17, 15) is 0 Å². The van der Waals surface area contributed by atoms with E-state index in [1.165, 1.54) is 31.2 Å². The maximum absolute atomic E-state index is 4.89. The SMILES string of the molecule is CCNC(=NCc1ccnc(N2CCCCCC2)c1)NC1CCN(Cc2ccccn2)CC1. The minimum atomic E-state index is 0.452. The van der Waals surface area contributed by atoms with Crippen LogP contribution in [0.25, 0.3) is 0 Å². The van der Waals surface area contributed by atoms with Crippen molar-refractivity contribution in [3.05, 3.63) is 54.0 Å². The van der Waals surface area contributed by atoms with Gasteiger partial charge in [-0.15, -0.1) is 0 Å². The quantitative estimate of drug-likeness (QED) is 0.497. The van der Waals surface area contributed by atoms with Crippen molar-refractivity contribution in [2.45, 2.75) is 64.6 Å². The highest BCUT2D eigenvalue weighted by molar-refractivity contribution is 5.80. The molecule has 7 nitrogen and oxygen atoms in total. The largest absolute Gasteiger partial charge is 0.357 e. The topological polar surface area (TPSA) is 68.7 Å². The first-order chi connectivity index (χ1) is 16.3. The van der Waals surface area contributed by atoms with Crippen LogP contribution in [0.4, 0.5) is 5.82 Å². The lowest BCUT2D eigenvalue weighted by Gasteiger charge is -2.32. The van der Waals surface area contributed by atoms with Crippen LogP contribution in [0.1, 0.15) is 56.7 Å². The average Bonchev–Trinajstić information content (AvgIpc) is 3.15. The van der Waals surface area contributed by atoms with Crippen LogP contribution in [-0.4, -0.2) is 59.6 Å². The highest BCUT2D eigenvalue weighted by atomic mass is 15.2. The Balaban J connectivity index is 1.29. The molecule has 2 aliphatic heterocycles. The monoisotopic (exact) mass is 449 g/mol. The van der Waals surface area contributed by atoms with Gasteiger partial charge in [0.05, 0.1) is 12.2 Å². The van der Waals surface area contributed by atoms with Gasteiger partial charge in [0.1, 0.15) is 5.82 Å². The zero-order chi connectivity index (χ0) is 22.7. The fourth-order valence-electron chi connectivity index (χ4n) is 4.67. The third kappa shape index (κ3) is 7.42. The number of hydrogen-bond acceptors (Lipinski definition) is 5. The summed E-state index contributed by atoms with van der Waals surface area (Å²) in [6.07, 6.45) is 11.2. The molecule has 2 aliphatic rings. The molecule has 0 aliphatic carbocycles. The number of likely N-dealkylation sites (tertiary alicyclic amines) is 1. The van der Waals surface area contributed by atoms with Crippen LogP contribution < -0.4 is 15.5 Å². The lowest BCUT2D eigenvalue weighted by molar-refractivity contribution is 0.196.